The second kappa shape index (κ2) is 6.98. The minimum atomic E-state index is -0.886. The molecule has 0 spiro atoms. The van der Waals surface area contributed by atoms with Crippen LogP contribution in [-0.4, -0.2) is 39.7 Å². The van der Waals surface area contributed by atoms with E-state index in [1.165, 1.54) is 0 Å². The summed E-state index contributed by atoms with van der Waals surface area (Å²) in [5.74, 6) is 0.459. The first-order valence-corrected chi connectivity index (χ1v) is 7.73. The third-order valence-corrected chi connectivity index (χ3v) is 3.92. The summed E-state index contributed by atoms with van der Waals surface area (Å²) < 4.78 is 5.44. The SMILES string of the molecule is Cc1nc(CNC(=O)[C@H]2OCC(=O)N[C@@H]2c2ccccc2Cl)n[nH]1. The van der Waals surface area contributed by atoms with E-state index < -0.39 is 12.1 Å². The van der Waals surface area contributed by atoms with E-state index in [0.29, 0.717) is 22.2 Å². The van der Waals surface area contributed by atoms with Crippen LogP contribution in [0.5, 0.6) is 0 Å². The summed E-state index contributed by atoms with van der Waals surface area (Å²) >= 11 is 6.19. The monoisotopic (exact) mass is 349 g/mol. The van der Waals surface area contributed by atoms with Crippen LogP contribution in [0.1, 0.15) is 23.3 Å². The molecule has 1 aromatic heterocycles. The van der Waals surface area contributed by atoms with Crippen LogP contribution in [0.2, 0.25) is 5.02 Å². The van der Waals surface area contributed by atoms with Gasteiger partial charge in [-0.3, -0.25) is 14.7 Å². The molecule has 3 N–H and O–H groups in total. The normalized spacial score (nSPS) is 20.5. The fourth-order valence-corrected chi connectivity index (χ4v) is 2.74. The second-order valence-electron chi connectivity index (χ2n) is 5.35. The van der Waals surface area contributed by atoms with Gasteiger partial charge in [0.1, 0.15) is 12.4 Å². The molecule has 2 atom stereocenters. The minimum Gasteiger partial charge on any atom is -0.356 e. The Morgan fingerprint density at radius 1 is 1.46 bits per heavy atom. The number of halogens is 1. The molecule has 24 heavy (non-hydrogen) atoms. The van der Waals surface area contributed by atoms with Crippen molar-refractivity contribution in [3.63, 3.8) is 0 Å². The highest BCUT2D eigenvalue weighted by Crippen LogP contribution is 2.28. The van der Waals surface area contributed by atoms with Gasteiger partial charge in [0.15, 0.2) is 11.9 Å². The van der Waals surface area contributed by atoms with E-state index >= 15 is 0 Å². The Kier molecular flexibility index (Phi) is 4.77. The molecular weight excluding hydrogens is 334 g/mol. The molecule has 2 amide bonds. The van der Waals surface area contributed by atoms with Crippen molar-refractivity contribution in [2.75, 3.05) is 6.61 Å². The molecule has 1 aliphatic heterocycles. The maximum absolute atomic E-state index is 12.5. The van der Waals surface area contributed by atoms with E-state index in [-0.39, 0.29) is 25.0 Å². The van der Waals surface area contributed by atoms with Gasteiger partial charge in [0.2, 0.25) is 5.91 Å². The fourth-order valence-electron chi connectivity index (χ4n) is 2.48. The predicted octanol–water partition coefficient (Wildman–Crippen LogP) is 0.639. The number of H-pyrrole nitrogens is 1. The number of ether oxygens (including phenoxy) is 1. The molecule has 1 fully saturated rings. The van der Waals surface area contributed by atoms with E-state index in [1.807, 2.05) is 0 Å². The minimum absolute atomic E-state index is 0.159. The first kappa shape index (κ1) is 16.4. The van der Waals surface area contributed by atoms with Gasteiger partial charge in [0.25, 0.3) is 5.91 Å². The number of aryl methyl sites for hydroxylation is 1. The van der Waals surface area contributed by atoms with Gasteiger partial charge in [0, 0.05) is 5.02 Å². The number of hydrogen-bond donors (Lipinski definition) is 3. The van der Waals surface area contributed by atoms with Crippen molar-refractivity contribution in [1.29, 1.82) is 0 Å². The number of rotatable bonds is 4. The van der Waals surface area contributed by atoms with E-state index in [4.69, 9.17) is 16.3 Å². The van der Waals surface area contributed by atoms with Gasteiger partial charge in [-0.25, -0.2) is 4.98 Å². The number of aromatic nitrogens is 3. The summed E-state index contributed by atoms with van der Waals surface area (Å²) in [5.41, 5.74) is 0.626. The summed E-state index contributed by atoms with van der Waals surface area (Å²) in [7, 11) is 0. The topological polar surface area (TPSA) is 109 Å². The van der Waals surface area contributed by atoms with Crippen molar-refractivity contribution in [1.82, 2.24) is 25.8 Å². The van der Waals surface area contributed by atoms with Crippen molar-refractivity contribution >= 4 is 23.4 Å². The Labute approximate surface area is 142 Å². The van der Waals surface area contributed by atoms with Crippen molar-refractivity contribution in [2.24, 2.45) is 0 Å². The number of nitrogens with zero attached hydrogens (tertiary/aromatic N) is 2. The number of carbonyl (C=O) groups excluding carboxylic acids is 2. The van der Waals surface area contributed by atoms with Crippen LogP contribution < -0.4 is 10.6 Å². The molecule has 1 aliphatic rings. The molecule has 0 saturated carbocycles. The molecule has 1 aromatic carbocycles. The van der Waals surface area contributed by atoms with Crippen molar-refractivity contribution < 1.29 is 14.3 Å². The average molecular weight is 350 g/mol. The van der Waals surface area contributed by atoms with Crippen LogP contribution in [-0.2, 0) is 20.9 Å². The smallest absolute Gasteiger partial charge is 0.252 e. The molecule has 9 heteroatoms. The van der Waals surface area contributed by atoms with Crippen LogP contribution in [0.25, 0.3) is 0 Å². The second-order valence-corrected chi connectivity index (χ2v) is 5.76. The van der Waals surface area contributed by atoms with E-state index in [2.05, 4.69) is 25.8 Å². The van der Waals surface area contributed by atoms with Gasteiger partial charge in [-0.15, -0.1) is 0 Å². The lowest BCUT2D eigenvalue weighted by Gasteiger charge is -2.32. The Morgan fingerprint density at radius 3 is 2.96 bits per heavy atom. The summed E-state index contributed by atoms with van der Waals surface area (Å²) in [6, 6.07) is 6.35. The zero-order valence-corrected chi connectivity index (χ0v) is 13.6. The lowest BCUT2D eigenvalue weighted by molar-refractivity contribution is -0.148. The largest absolute Gasteiger partial charge is 0.356 e. The maximum atomic E-state index is 12.5. The summed E-state index contributed by atoms with van der Waals surface area (Å²) in [4.78, 5) is 28.3. The first-order valence-electron chi connectivity index (χ1n) is 7.35. The Hall–Kier alpha value is -2.45. The Morgan fingerprint density at radius 2 is 2.25 bits per heavy atom. The molecule has 3 rings (SSSR count). The number of morpholine rings is 1. The lowest BCUT2D eigenvalue weighted by Crippen LogP contribution is -2.52. The quantitative estimate of drug-likeness (QED) is 0.750. The fraction of sp³-hybridized carbons (Fsp3) is 0.333. The van der Waals surface area contributed by atoms with Crippen molar-refractivity contribution in [3.8, 4) is 0 Å². The molecule has 0 aliphatic carbocycles. The number of amides is 2. The van der Waals surface area contributed by atoms with Crippen molar-refractivity contribution in [3.05, 3.63) is 46.5 Å². The first-order chi connectivity index (χ1) is 11.5. The third-order valence-electron chi connectivity index (χ3n) is 3.58. The molecule has 0 bridgehead atoms. The molecule has 1 saturated heterocycles. The highest BCUT2D eigenvalue weighted by Gasteiger charge is 2.37. The number of aromatic amines is 1. The van der Waals surface area contributed by atoms with Crippen LogP contribution in [0.3, 0.4) is 0 Å². The number of hydrogen-bond acceptors (Lipinski definition) is 5. The highest BCUT2D eigenvalue weighted by molar-refractivity contribution is 6.31. The number of benzene rings is 1. The summed E-state index contributed by atoms with van der Waals surface area (Å²) in [5, 5.41) is 12.6. The molecule has 8 nitrogen and oxygen atoms in total. The molecule has 0 radical (unpaired) electrons. The number of carbonyl (C=O) groups is 2. The van der Waals surface area contributed by atoms with Gasteiger partial charge in [0.05, 0.1) is 12.6 Å². The van der Waals surface area contributed by atoms with E-state index in [1.54, 1.807) is 31.2 Å². The van der Waals surface area contributed by atoms with E-state index in [9.17, 15) is 9.59 Å². The van der Waals surface area contributed by atoms with Gasteiger partial charge in [-0.1, -0.05) is 29.8 Å². The molecular formula is C15H16ClN5O3. The lowest BCUT2D eigenvalue weighted by atomic mass is 9.99. The van der Waals surface area contributed by atoms with Crippen LogP contribution in [0.4, 0.5) is 0 Å². The van der Waals surface area contributed by atoms with E-state index in [0.717, 1.165) is 0 Å². The molecule has 0 unspecified atom stereocenters. The van der Waals surface area contributed by atoms with Crippen molar-refractivity contribution in [2.45, 2.75) is 25.6 Å². The Bertz CT molecular complexity index is 763. The third kappa shape index (κ3) is 3.55. The summed E-state index contributed by atoms with van der Waals surface area (Å²) in [6.45, 7) is 1.75. The summed E-state index contributed by atoms with van der Waals surface area (Å²) in [6.07, 6.45) is -0.886. The van der Waals surface area contributed by atoms with Crippen LogP contribution in [0, 0.1) is 6.92 Å². The predicted molar refractivity (Wildman–Crippen MR) is 85.0 cm³/mol. The van der Waals surface area contributed by atoms with Gasteiger partial charge < -0.3 is 15.4 Å². The van der Waals surface area contributed by atoms with Gasteiger partial charge in [-0.2, -0.15) is 5.10 Å². The Balaban J connectivity index is 1.74. The zero-order valence-electron chi connectivity index (χ0n) is 12.9. The van der Waals surface area contributed by atoms with Crippen LogP contribution in [0.15, 0.2) is 24.3 Å². The van der Waals surface area contributed by atoms with Gasteiger partial charge >= 0.3 is 0 Å². The molecule has 2 aromatic rings. The number of nitrogens with one attached hydrogen (secondary N) is 3. The standard InChI is InChI=1S/C15H16ClN5O3/c1-8-18-11(21-20-8)6-17-15(23)14-13(19-12(22)7-24-14)9-4-2-3-5-10(9)16/h2-5,13-14H,6-7H2,1H3,(H,17,23)(H,19,22)(H,18,20,21)/t13-,14+/m1/s1. The molecule has 126 valence electrons. The average Bonchev–Trinajstić information content (AvgIpc) is 2.98. The molecule has 2 heterocycles. The van der Waals surface area contributed by atoms with Gasteiger partial charge in [-0.05, 0) is 18.6 Å². The van der Waals surface area contributed by atoms with Crippen LogP contribution >= 0.6 is 11.6 Å². The zero-order chi connectivity index (χ0) is 17.1. The highest BCUT2D eigenvalue weighted by atomic mass is 35.5. The maximum Gasteiger partial charge on any atom is 0.252 e.